The van der Waals surface area contributed by atoms with Crippen LogP contribution in [-0.2, 0) is 6.18 Å². The summed E-state index contributed by atoms with van der Waals surface area (Å²) in [6.45, 7) is 2.23. The van der Waals surface area contributed by atoms with Gasteiger partial charge in [-0.15, -0.1) is 0 Å². The minimum absolute atomic E-state index is 0.0927. The lowest BCUT2D eigenvalue weighted by Gasteiger charge is -2.09. The summed E-state index contributed by atoms with van der Waals surface area (Å²) in [5.74, 6) is 0.458. The molecule has 106 valence electrons. The van der Waals surface area contributed by atoms with Crippen molar-refractivity contribution in [2.75, 3.05) is 6.61 Å². The highest BCUT2D eigenvalue weighted by Crippen LogP contribution is 2.30. The van der Waals surface area contributed by atoms with E-state index in [0.717, 1.165) is 6.07 Å². The standard InChI is InChI=1S/C12H10F3N3OS/c1-2-19-8-3-7(5-16-6-8)9-4-10(12(13,14)15)18-11(20)17-9/h3-6H,2H2,1H3,(H,17,18,20). The van der Waals surface area contributed by atoms with Gasteiger partial charge in [0.25, 0.3) is 0 Å². The van der Waals surface area contributed by atoms with Crippen molar-refractivity contribution < 1.29 is 17.9 Å². The summed E-state index contributed by atoms with van der Waals surface area (Å²) in [5.41, 5.74) is -0.453. The Morgan fingerprint density at radius 3 is 2.70 bits per heavy atom. The molecule has 2 aromatic rings. The van der Waals surface area contributed by atoms with Crippen LogP contribution in [0.3, 0.4) is 0 Å². The first kappa shape index (κ1) is 14.4. The largest absolute Gasteiger partial charge is 0.492 e. The van der Waals surface area contributed by atoms with E-state index in [1.54, 1.807) is 13.0 Å². The molecule has 2 rings (SSSR count). The number of hydrogen-bond donors (Lipinski definition) is 1. The van der Waals surface area contributed by atoms with Crippen molar-refractivity contribution in [1.29, 1.82) is 0 Å². The summed E-state index contributed by atoms with van der Waals surface area (Å²) in [5, 5.41) is 0. The van der Waals surface area contributed by atoms with Gasteiger partial charge in [0, 0.05) is 11.8 Å². The minimum atomic E-state index is -4.52. The number of nitrogens with one attached hydrogen (secondary N) is 1. The van der Waals surface area contributed by atoms with Gasteiger partial charge < -0.3 is 9.72 Å². The van der Waals surface area contributed by atoms with Crippen molar-refractivity contribution in [1.82, 2.24) is 15.0 Å². The van der Waals surface area contributed by atoms with E-state index in [9.17, 15) is 13.2 Å². The van der Waals surface area contributed by atoms with Crippen molar-refractivity contribution in [2.45, 2.75) is 13.1 Å². The van der Waals surface area contributed by atoms with Crippen molar-refractivity contribution in [3.8, 4) is 17.0 Å². The quantitative estimate of drug-likeness (QED) is 0.880. The van der Waals surface area contributed by atoms with Gasteiger partial charge in [0.15, 0.2) is 4.77 Å². The molecule has 0 saturated carbocycles. The minimum Gasteiger partial charge on any atom is -0.492 e. The summed E-state index contributed by atoms with van der Waals surface area (Å²) in [4.78, 5) is 9.82. The third-order valence-electron chi connectivity index (χ3n) is 2.37. The van der Waals surface area contributed by atoms with Gasteiger partial charge in [-0.05, 0) is 31.3 Å². The Bertz CT molecular complexity index is 669. The first-order valence-corrected chi connectivity index (χ1v) is 6.07. The third kappa shape index (κ3) is 3.32. The fourth-order valence-corrected chi connectivity index (χ4v) is 1.77. The number of alkyl halides is 3. The fourth-order valence-electron chi connectivity index (χ4n) is 1.56. The normalized spacial score (nSPS) is 11.4. The Balaban J connectivity index is 2.50. The molecule has 0 unspecified atom stereocenters. The maximum atomic E-state index is 12.7. The molecular formula is C12H10F3N3OS. The molecule has 0 bridgehead atoms. The highest BCUT2D eigenvalue weighted by Gasteiger charge is 2.32. The van der Waals surface area contributed by atoms with Crippen molar-refractivity contribution in [2.24, 2.45) is 0 Å². The molecule has 0 aliphatic carbocycles. The van der Waals surface area contributed by atoms with E-state index in [0.29, 0.717) is 17.9 Å². The van der Waals surface area contributed by atoms with Crippen LogP contribution in [0.1, 0.15) is 12.6 Å². The molecule has 0 atom stereocenters. The van der Waals surface area contributed by atoms with E-state index in [-0.39, 0.29) is 10.5 Å². The first-order chi connectivity index (χ1) is 9.40. The average molecular weight is 301 g/mol. The van der Waals surface area contributed by atoms with E-state index in [1.165, 1.54) is 12.4 Å². The number of halogens is 3. The van der Waals surface area contributed by atoms with Crippen LogP contribution in [0.25, 0.3) is 11.3 Å². The zero-order valence-electron chi connectivity index (χ0n) is 10.4. The second kappa shape index (κ2) is 5.58. The maximum Gasteiger partial charge on any atom is 0.431 e. The molecule has 2 heterocycles. The summed E-state index contributed by atoms with van der Waals surface area (Å²) in [6, 6.07) is 2.45. The van der Waals surface area contributed by atoms with E-state index in [4.69, 9.17) is 17.0 Å². The van der Waals surface area contributed by atoms with Gasteiger partial charge in [0.1, 0.15) is 11.4 Å². The van der Waals surface area contributed by atoms with Crippen LogP contribution in [0.15, 0.2) is 24.5 Å². The van der Waals surface area contributed by atoms with Crippen molar-refractivity contribution in [3.63, 3.8) is 0 Å². The molecule has 0 aromatic carbocycles. The van der Waals surface area contributed by atoms with Crippen LogP contribution in [0.4, 0.5) is 13.2 Å². The van der Waals surface area contributed by atoms with Crippen LogP contribution in [0, 0.1) is 4.77 Å². The maximum absolute atomic E-state index is 12.7. The highest BCUT2D eigenvalue weighted by molar-refractivity contribution is 7.71. The zero-order chi connectivity index (χ0) is 14.8. The number of aromatic nitrogens is 3. The lowest BCUT2D eigenvalue weighted by atomic mass is 10.2. The lowest BCUT2D eigenvalue weighted by molar-refractivity contribution is -0.141. The molecule has 0 spiro atoms. The van der Waals surface area contributed by atoms with E-state index in [1.807, 2.05) is 4.98 Å². The van der Waals surface area contributed by atoms with E-state index < -0.39 is 11.9 Å². The molecule has 0 aliphatic heterocycles. The summed E-state index contributed by atoms with van der Waals surface area (Å²) in [6.07, 6.45) is -1.64. The van der Waals surface area contributed by atoms with Gasteiger partial charge in [-0.3, -0.25) is 4.98 Å². The van der Waals surface area contributed by atoms with Gasteiger partial charge in [-0.2, -0.15) is 13.2 Å². The monoisotopic (exact) mass is 301 g/mol. The Morgan fingerprint density at radius 2 is 2.05 bits per heavy atom. The number of rotatable bonds is 3. The Morgan fingerprint density at radius 1 is 1.30 bits per heavy atom. The third-order valence-corrected chi connectivity index (χ3v) is 2.56. The van der Waals surface area contributed by atoms with Gasteiger partial charge in [0.05, 0.1) is 18.5 Å². The van der Waals surface area contributed by atoms with Crippen molar-refractivity contribution in [3.05, 3.63) is 35.0 Å². The SMILES string of the molecule is CCOc1cncc(-c2cc(C(F)(F)F)[nH]c(=S)n2)c1. The second-order valence-electron chi connectivity index (χ2n) is 3.83. The Labute approximate surface area is 117 Å². The predicted octanol–water partition coefficient (Wildman–Crippen LogP) is 3.62. The van der Waals surface area contributed by atoms with Crippen LogP contribution < -0.4 is 4.74 Å². The van der Waals surface area contributed by atoms with Crippen LogP contribution in [0.2, 0.25) is 0 Å². The van der Waals surface area contributed by atoms with E-state index >= 15 is 0 Å². The summed E-state index contributed by atoms with van der Waals surface area (Å²) in [7, 11) is 0. The zero-order valence-corrected chi connectivity index (χ0v) is 11.2. The van der Waals surface area contributed by atoms with Crippen LogP contribution >= 0.6 is 12.2 Å². The molecule has 0 saturated heterocycles. The predicted molar refractivity (Wildman–Crippen MR) is 68.8 cm³/mol. The number of nitrogens with zero attached hydrogens (tertiary/aromatic N) is 2. The highest BCUT2D eigenvalue weighted by atomic mass is 32.1. The van der Waals surface area contributed by atoms with Crippen LogP contribution in [0.5, 0.6) is 5.75 Å². The Hall–Kier alpha value is -1.96. The Kier molecular flexibility index (Phi) is 4.03. The lowest BCUT2D eigenvalue weighted by Crippen LogP contribution is -2.09. The molecule has 20 heavy (non-hydrogen) atoms. The molecule has 0 fully saturated rings. The van der Waals surface area contributed by atoms with Gasteiger partial charge in [-0.1, -0.05) is 0 Å². The van der Waals surface area contributed by atoms with Crippen LogP contribution in [-0.4, -0.2) is 21.6 Å². The summed E-state index contributed by atoms with van der Waals surface area (Å²) < 4.78 is 43.2. The van der Waals surface area contributed by atoms with E-state index in [2.05, 4.69) is 9.97 Å². The molecule has 2 aromatic heterocycles. The van der Waals surface area contributed by atoms with Gasteiger partial charge >= 0.3 is 6.18 Å². The second-order valence-corrected chi connectivity index (χ2v) is 4.21. The number of aromatic amines is 1. The molecule has 1 N–H and O–H groups in total. The smallest absolute Gasteiger partial charge is 0.431 e. The molecule has 4 nitrogen and oxygen atoms in total. The molecule has 0 amide bonds. The topological polar surface area (TPSA) is 50.8 Å². The van der Waals surface area contributed by atoms with Gasteiger partial charge in [-0.25, -0.2) is 4.98 Å². The van der Waals surface area contributed by atoms with Crippen molar-refractivity contribution >= 4 is 12.2 Å². The number of pyridine rings is 1. The number of H-pyrrole nitrogens is 1. The molecular weight excluding hydrogens is 291 g/mol. The average Bonchev–Trinajstić information content (AvgIpc) is 2.38. The fraction of sp³-hybridized carbons (Fsp3) is 0.250. The first-order valence-electron chi connectivity index (χ1n) is 5.67. The molecule has 8 heteroatoms. The number of ether oxygens (including phenoxy) is 1. The van der Waals surface area contributed by atoms with Gasteiger partial charge in [0.2, 0.25) is 0 Å². The summed E-state index contributed by atoms with van der Waals surface area (Å²) >= 11 is 4.72. The molecule has 0 aliphatic rings. The number of hydrogen-bond acceptors (Lipinski definition) is 4. The molecule has 0 radical (unpaired) electrons.